The molecule has 1 aromatic heterocycles. The molecule has 15 heavy (non-hydrogen) atoms. The number of aromatic nitrogens is 1. The first-order valence-electron chi connectivity index (χ1n) is 4.58. The Balaban J connectivity index is 2.77. The third-order valence-electron chi connectivity index (χ3n) is 2.27. The maximum atomic E-state index is 11.1. The van der Waals surface area contributed by atoms with Crippen molar-refractivity contribution in [3.63, 3.8) is 0 Å². The van der Waals surface area contributed by atoms with Gasteiger partial charge < -0.3 is 9.88 Å². The number of pyridine rings is 1. The van der Waals surface area contributed by atoms with E-state index in [1.54, 1.807) is 6.07 Å². The second-order valence-corrected chi connectivity index (χ2v) is 4.02. The molecule has 0 aliphatic carbocycles. The second-order valence-electron chi connectivity index (χ2n) is 3.61. The monoisotopic (exact) mass is 222 g/mol. The van der Waals surface area contributed by atoms with Crippen LogP contribution in [0.1, 0.15) is 0 Å². The van der Waals surface area contributed by atoms with E-state index in [9.17, 15) is 4.79 Å². The smallest absolute Gasteiger partial charge is 0.248 e. The normalized spacial score (nSPS) is 10.6. The molecule has 0 amide bonds. The minimum atomic E-state index is -0.102. The molecule has 0 atom stereocenters. The van der Waals surface area contributed by atoms with Gasteiger partial charge in [-0.15, -0.1) is 0 Å². The predicted molar refractivity (Wildman–Crippen MR) is 63.9 cm³/mol. The van der Waals surface area contributed by atoms with Crippen LogP contribution in [0.3, 0.4) is 0 Å². The third-order valence-corrected chi connectivity index (χ3v) is 2.58. The molecule has 0 spiro atoms. The van der Waals surface area contributed by atoms with Gasteiger partial charge in [0.2, 0.25) is 5.56 Å². The van der Waals surface area contributed by atoms with Crippen molar-refractivity contribution in [2.24, 2.45) is 0 Å². The summed E-state index contributed by atoms with van der Waals surface area (Å²) in [5.74, 6) is 0. The van der Waals surface area contributed by atoms with Crippen molar-refractivity contribution >= 4 is 28.2 Å². The van der Waals surface area contributed by atoms with Crippen molar-refractivity contribution in [2.45, 2.75) is 0 Å². The predicted octanol–water partition coefficient (Wildman–Crippen LogP) is 2.25. The van der Waals surface area contributed by atoms with Crippen molar-refractivity contribution in [3.8, 4) is 0 Å². The number of fused-ring (bicyclic) bond motifs is 1. The third kappa shape index (κ3) is 1.83. The van der Waals surface area contributed by atoms with E-state index >= 15 is 0 Å². The van der Waals surface area contributed by atoms with Crippen molar-refractivity contribution < 1.29 is 0 Å². The van der Waals surface area contributed by atoms with Gasteiger partial charge in [0.15, 0.2) is 0 Å². The Morgan fingerprint density at radius 1 is 1.27 bits per heavy atom. The van der Waals surface area contributed by atoms with Crippen LogP contribution in [0.4, 0.5) is 5.69 Å². The van der Waals surface area contributed by atoms with E-state index in [4.69, 9.17) is 11.6 Å². The molecule has 0 bridgehead atoms. The fourth-order valence-corrected chi connectivity index (χ4v) is 1.85. The average Bonchev–Trinajstić information content (AvgIpc) is 2.17. The highest BCUT2D eigenvalue weighted by Crippen LogP contribution is 2.28. The number of hydrogen-bond acceptors (Lipinski definition) is 2. The minimum Gasteiger partial charge on any atom is -0.376 e. The lowest BCUT2D eigenvalue weighted by atomic mass is 10.2. The Bertz CT molecular complexity index is 560. The van der Waals surface area contributed by atoms with Gasteiger partial charge in [0.1, 0.15) is 0 Å². The number of benzene rings is 1. The molecule has 1 N–H and O–H groups in total. The number of rotatable bonds is 1. The van der Waals surface area contributed by atoms with Gasteiger partial charge in [0, 0.05) is 20.2 Å². The lowest BCUT2D eigenvalue weighted by molar-refractivity contribution is 1.13. The van der Waals surface area contributed by atoms with E-state index in [0.717, 1.165) is 16.6 Å². The fourth-order valence-electron chi connectivity index (χ4n) is 1.51. The molecule has 1 heterocycles. The molecule has 2 aromatic rings. The average molecular weight is 223 g/mol. The van der Waals surface area contributed by atoms with Crippen molar-refractivity contribution in [1.29, 1.82) is 0 Å². The molecule has 0 saturated heterocycles. The van der Waals surface area contributed by atoms with E-state index in [0.29, 0.717) is 5.02 Å². The quantitative estimate of drug-likeness (QED) is 0.804. The molecule has 78 valence electrons. The topological polar surface area (TPSA) is 36.1 Å². The van der Waals surface area contributed by atoms with Gasteiger partial charge in [0.05, 0.1) is 16.2 Å². The van der Waals surface area contributed by atoms with Crippen molar-refractivity contribution in [1.82, 2.24) is 4.98 Å². The molecule has 3 nitrogen and oxygen atoms in total. The molecule has 0 aliphatic rings. The maximum absolute atomic E-state index is 11.1. The first kappa shape index (κ1) is 10.1. The van der Waals surface area contributed by atoms with E-state index in [1.165, 1.54) is 6.07 Å². The van der Waals surface area contributed by atoms with E-state index < -0.39 is 0 Å². The summed E-state index contributed by atoms with van der Waals surface area (Å²) in [4.78, 5) is 15.8. The SMILES string of the molecule is CN(C)c1cc2[nH]c(=O)ccc2cc1Cl. The van der Waals surface area contributed by atoms with Crippen molar-refractivity contribution in [3.05, 3.63) is 39.6 Å². The van der Waals surface area contributed by atoms with E-state index in [2.05, 4.69) is 4.98 Å². The molecule has 2 rings (SSSR count). The van der Waals surface area contributed by atoms with E-state index in [1.807, 2.05) is 31.1 Å². The number of nitrogens with zero attached hydrogens (tertiary/aromatic N) is 1. The summed E-state index contributed by atoms with van der Waals surface area (Å²) in [6, 6.07) is 6.98. The maximum Gasteiger partial charge on any atom is 0.248 e. The number of H-pyrrole nitrogens is 1. The molecule has 0 fully saturated rings. The largest absolute Gasteiger partial charge is 0.376 e. The number of anilines is 1. The number of hydrogen-bond donors (Lipinski definition) is 1. The number of halogens is 1. The molecule has 4 heteroatoms. The zero-order valence-corrected chi connectivity index (χ0v) is 9.30. The van der Waals surface area contributed by atoms with Crippen LogP contribution < -0.4 is 10.5 Å². The van der Waals surface area contributed by atoms with Crippen LogP contribution in [0, 0.1) is 0 Å². The summed E-state index contributed by atoms with van der Waals surface area (Å²) in [5.41, 5.74) is 1.59. The van der Waals surface area contributed by atoms with Crippen LogP contribution in [0.15, 0.2) is 29.1 Å². The number of aromatic amines is 1. The van der Waals surface area contributed by atoms with Crippen LogP contribution in [0.5, 0.6) is 0 Å². The Morgan fingerprint density at radius 3 is 2.67 bits per heavy atom. The molecule has 0 saturated carbocycles. The van der Waals surface area contributed by atoms with Crippen LogP contribution in [-0.4, -0.2) is 19.1 Å². The molecular formula is C11H11ClN2O. The fraction of sp³-hybridized carbons (Fsp3) is 0.182. The Kier molecular flexibility index (Phi) is 2.40. The van der Waals surface area contributed by atoms with Crippen LogP contribution in [0.2, 0.25) is 5.02 Å². The first-order chi connectivity index (χ1) is 7.08. The summed E-state index contributed by atoms with van der Waals surface area (Å²) < 4.78 is 0. The highest BCUT2D eigenvalue weighted by atomic mass is 35.5. The van der Waals surface area contributed by atoms with Gasteiger partial charge in [-0.25, -0.2) is 0 Å². The van der Waals surface area contributed by atoms with Gasteiger partial charge in [-0.3, -0.25) is 4.79 Å². The Labute approximate surface area is 92.3 Å². The molecule has 1 aromatic carbocycles. The molecular weight excluding hydrogens is 212 g/mol. The van der Waals surface area contributed by atoms with Crippen molar-refractivity contribution in [2.75, 3.05) is 19.0 Å². The highest BCUT2D eigenvalue weighted by molar-refractivity contribution is 6.34. The lowest BCUT2D eigenvalue weighted by Gasteiger charge is -2.14. The summed E-state index contributed by atoms with van der Waals surface area (Å²) in [6.07, 6.45) is 0. The first-order valence-corrected chi connectivity index (χ1v) is 4.95. The summed E-state index contributed by atoms with van der Waals surface area (Å²) in [6.45, 7) is 0. The van der Waals surface area contributed by atoms with Crippen LogP contribution in [-0.2, 0) is 0 Å². The highest BCUT2D eigenvalue weighted by Gasteiger charge is 2.05. The summed E-state index contributed by atoms with van der Waals surface area (Å²) >= 11 is 6.10. The molecule has 0 aliphatic heterocycles. The van der Waals surface area contributed by atoms with Gasteiger partial charge in [-0.1, -0.05) is 11.6 Å². The zero-order valence-electron chi connectivity index (χ0n) is 8.54. The second kappa shape index (κ2) is 3.59. The van der Waals surface area contributed by atoms with Gasteiger partial charge in [-0.05, 0) is 23.6 Å². The van der Waals surface area contributed by atoms with Gasteiger partial charge in [-0.2, -0.15) is 0 Å². The van der Waals surface area contributed by atoms with Crippen LogP contribution >= 0.6 is 11.6 Å². The lowest BCUT2D eigenvalue weighted by Crippen LogP contribution is -2.10. The minimum absolute atomic E-state index is 0.102. The molecule has 0 unspecified atom stereocenters. The molecule has 0 radical (unpaired) electrons. The number of nitrogens with one attached hydrogen (secondary N) is 1. The summed E-state index contributed by atoms with van der Waals surface area (Å²) in [7, 11) is 3.82. The van der Waals surface area contributed by atoms with E-state index in [-0.39, 0.29) is 5.56 Å². The van der Waals surface area contributed by atoms with Gasteiger partial charge >= 0.3 is 0 Å². The Hall–Kier alpha value is -1.48. The Morgan fingerprint density at radius 2 is 2.00 bits per heavy atom. The zero-order chi connectivity index (χ0) is 11.0. The standard InChI is InChI=1S/C11H11ClN2O/c1-14(2)10-6-9-7(5-8(10)12)3-4-11(15)13-9/h3-6H,1-2H3,(H,13,15). The van der Waals surface area contributed by atoms with Crippen LogP contribution in [0.25, 0.3) is 10.9 Å². The van der Waals surface area contributed by atoms with Gasteiger partial charge in [0.25, 0.3) is 0 Å². The summed E-state index contributed by atoms with van der Waals surface area (Å²) in [5, 5.41) is 1.62.